The van der Waals surface area contributed by atoms with E-state index < -0.39 is 11.4 Å². The molecule has 0 unspecified atom stereocenters. The Morgan fingerprint density at radius 2 is 1.70 bits per heavy atom. The largest absolute Gasteiger partial charge is 0.496 e. The summed E-state index contributed by atoms with van der Waals surface area (Å²) in [7, 11) is 1.63. The third kappa shape index (κ3) is 2.05. The van der Waals surface area contributed by atoms with Gasteiger partial charge in [-0.05, 0) is 50.3 Å². The number of benzene rings is 1. The molecule has 1 saturated carbocycles. The van der Waals surface area contributed by atoms with Crippen molar-refractivity contribution in [1.82, 2.24) is 0 Å². The number of hydrogen-bond donors (Lipinski definition) is 1. The van der Waals surface area contributed by atoms with Crippen LogP contribution in [0.25, 0.3) is 0 Å². The van der Waals surface area contributed by atoms with E-state index in [2.05, 4.69) is 15.9 Å². The van der Waals surface area contributed by atoms with E-state index in [-0.39, 0.29) is 0 Å². The fourth-order valence-electron chi connectivity index (χ4n) is 3.46. The van der Waals surface area contributed by atoms with Crippen LogP contribution in [0.2, 0.25) is 0 Å². The molecule has 1 fully saturated rings. The quantitative estimate of drug-likeness (QED) is 0.893. The van der Waals surface area contributed by atoms with Gasteiger partial charge in [-0.15, -0.1) is 0 Å². The number of aliphatic carboxylic acids is 1. The van der Waals surface area contributed by atoms with Crippen LogP contribution in [-0.2, 0) is 10.2 Å². The number of carboxylic acid groups (broad SMARTS) is 1. The van der Waals surface area contributed by atoms with Gasteiger partial charge in [-0.2, -0.15) is 0 Å². The highest BCUT2D eigenvalue weighted by molar-refractivity contribution is 9.10. The van der Waals surface area contributed by atoms with Crippen molar-refractivity contribution in [2.75, 3.05) is 7.11 Å². The molecular formula is C16H21BrO3. The molecule has 0 atom stereocenters. The van der Waals surface area contributed by atoms with Gasteiger partial charge in [0, 0.05) is 10.0 Å². The smallest absolute Gasteiger partial charge is 0.314 e. The minimum Gasteiger partial charge on any atom is -0.496 e. The number of carbonyl (C=O) groups is 1. The van der Waals surface area contributed by atoms with Gasteiger partial charge in [0.25, 0.3) is 0 Å². The van der Waals surface area contributed by atoms with Crippen molar-refractivity contribution in [2.45, 2.75) is 51.9 Å². The van der Waals surface area contributed by atoms with Crippen LogP contribution in [0.3, 0.4) is 0 Å². The Balaban J connectivity index is 2.82. The fraction of sp³-hybridized carbons (Fsp3) is 0.562. The summed E-state index contributed by atoms with van der Waals surface area (Å²) in [4.78, 5) is 12.0. The van der Waals surface area contributed by atoms with Gasteiger partial charge in [-0.1, -0.05) is 28.8 Å². The Labute approximate surface area is 128 Å². The molecule has 1 aliphatic carbocycles. The summed E-state index contributed by atoms with van der Waals surface area (Å²) in [6.45, 7) is 6.00. The zero-order valence-electron chi connectivity index (χ0n) is 12.5. The summed E-state index contributed by atoms with van der Waals surface area (Å²) < 4.78 is 6.59. The first-order chi connectivity index (χ1) is 9.36. The lowest BCUT2D eigenvalue weighted by Gasteiger charge is -2.30. The lowest BCUT2D eigenvalue weighted by Crippen LogP contribution is -2.34. The Bertz CT molecular complexity index is 558. The maximum absolute atomic E-state index is 12.0. The van der Waals surface area contributed by atoms with E-state index in [9.17, 15) is 9.90 Å². The number of carboxylic acids is 1. The Kier molecular flexibility index (Phi) is 4.14. The highest BCUT2D eigenvalue weighted by Crippen LogP contribution is 2.49. The molecule has 1 aromatic carbocycles. The van der Waals surface area contributed by atoms with E-state index in [1.165, 1.54) is 0 Å². The second-order valence-corrected chi connectivity index (χ2v) is 6.48. The Hall–Kier alpha value is -1.03. The van der Waals surface area contributed by atoms with Crippen LogP contribution in [-0.4, -0.2) is 18.2 Å². The molecule has 3 nitrogen and oxygen atoms in total. The van der Waals surface area contributed by atoms with Crippen molar-refractivity contribution in [2.24, 2.45) is 0 Å². The molecule has 20 heavy (non-hydrogen) atoms. The number of rotatable bonds is 3. The van der Waals surface area contributed by atoms with Gasteiger partial charge < -0.3 is 9.84 Å². The second-order valence-electron chi connectivity index (χ2n) is 5.69. The average Bonchev–Trinajstić information content (AvgIpc) is 2.90. The first kappa shape index (κ1) is 15.4. The van der Waals surface area contributed by atoms with Gasteiger partial charge in [-0.25, -0.2) is 0 Å². The van der Waals surface area contributed by atoms with E-state index in [0.29, 0.717) is 12.8 Å². The minimum absolute atomic E-state index is 0.689. The molecule has 1 aromatic rings. The first-order valence-electron chi connectivity index (χ1n) is 6.94. The van der Waals surface area contributed by atoms with Gasteiger partial charge in [0.2, 0.25) is 0 Å². The predicted molar refractivity (Wildman–Crippen MR) is 82.7 cm³/mol. The monoisotopic (exact) mass is 340 g/mol. The number of methoxy groups -OCH3 is 1. The van der Waals surface area contributed by atoms with E-state index in [4.69, 9.17) is 4.74 Å². The summed E-state index contributed by atoms with van der Waals surface area (Å²) in [6.07, 6.45) is 3.29. The number of hydrogen-bond acceptors (Lipinski definition) is 2. The zero-order chi connectivity index (χ0) is 15.1. The summed E-state index contributed by atoms with van der Waals surface area (Å²) >= 11 is 3.62. The van der Waals surface area contributed by atoms with E-state index >= 15 is 0 Å². The van der Waals surface area contributed by atoms with Crippen molar-refractivity contribution < 1.29 is 14.6 Å². The Morgan fingerprint density at radius 3 is 2.15 bits per heavy atom. The van der Waals surface area contributed by atoms with E-state index in [1.54, 1.807) is 7.11 Å². The average molecular weight is 341 g/mol. The fourth-order valence-corrected chi connectivity index (χ4v) is 3.96. The molecule has 0 radical (unpaired) electrons. The highest BCUT2D eigenvalue weighted by Gasteiger charge is 2.46. The van der Waals surface area contributed by atoms with Gasteiger partial charge >= 0.3 is 5.97 Å². The lowest BCUT2D eigenvalue weighted by molar-refractivity contribution is -0.143. The molecule has 1 N–H and O–H groups in total. The van der Waals surface area contributed by atoms with Crippen molar-refractivity contribution >= 4 is 21.9 Å². The van der Waals surface area contributed by atoms with Crippen molar-refractivity contribution in [3.8, 4) is 5.75 Å². The molecule has 2 rings (SSSR count). The topological polar surface area (TPSA) is 46.5 Å². The maximum Gasteiger partial charge on any atom is 0.314 e. The number of ether oxygens (including phenoxy) is 1. The number of halogens is 1. The summed E-state index contributed by atoms with van der Waals surface area (Å²) in [5.41, 5.74) is 3.19. The molecule has 0 bridgehead atoms. The first-order valence-corrected chi connectivity index (χ1v) is 7.73. The lowest BCUT2D eigenvalue weighted by atomic mass is 9.75. The molecule has 0 aliphatic heterocycles. The van der Waals surface area contributed by atoms with Crippen LogP contribution in [0.15, 0.2) is 4.47 Å². The van der Waals surface area contributed by atoms with Crippen LogP contribution >= 0.6 is 15.9 Å². The molecule has 110 valence electrons. The van der Waals surface area contributed by atoms with Crippen molar-refractivity contribution in [3.63, 3.8) is 0 Å². The SMILES string of the molecule is COc1c(C)c(C)c(Br)c(C)c1C1(C(=O)O)CCCC1. The molecule has 0 spiro atoms. The Morgan fingerprint density at radius 1 is 1.15 bits per heavy atom. The van der Waals surface area contributed by atoms with Crippen molar-refractivity contribution in [3.05, 3.63) is 26.7 Å². The van der Waals surface area contributed by atoms with Crippen LogP contribution < -0.4 is 4.74 Å². The molecule has 1 aliphatic rings. The van der Waals surface area contributed by atoms with Crippen molar-refractivity contribution in [1.29, 1.82) is 0 Å². The van der Waals surface area contributed by atoms with Crippen LogP contribution in [0, 0.1) is 20.8 Å². The van der Waals surface area contributed by atoms with Crippen LogP contribution in [0.5, 0.6) is 5.75 Å². The standard InChI is InChI=1S/C16H21BrO3/c1-9-10(2)14(20-4)12(11(3)13(9)17)16(15(18)19)7-5-6-8-16/h5-8H2,1-4H3,(H,18,19). The molecule has 0 aromatic heterocycles. The third-order valence-corrected chi connectivity index (χ3v) is 5.90. The van der Waals surface area contributed by atoms with E-state index in [1.807, 2.05) is 20.8 Å². The van der Waals surface area contributed by atoms with Crippen LogP contribution in [0.4, 0.5) is 0 Å². The molecule has 4 heteroatoms. The predicted octanol–water partition coefficient (Wildman–Crippen LogP) is 4.28. The van der Waals surface area contributed by atoms with Gasteiger partial charge in [-0.3, -0.25) is 4.79 Å². The van der Waals surface area contributed by atoms with Crippen LogP contribution in [0.1, 0.15) is 47.9 Å². The molecule has 0 amide bonds. The summed E-state index contributed by atoms with van der Waals surface area (Å²) in [5, 5.41) is 9.84. The molecule has 0 saturated heterocycles. The third-order valence-electron chi connectivity index (χ3n) is 4.71. The van der Waals surface area contributed by atoms with E-state index in [0.717, 1.165) is 45.3 Å². The summed E-state index contributed by atoms with van der Waals surface area (Å²) in [5.74, 6) is 0.0130. The van der Waals surface area contributed by atoms with Gasteiger partial charge in [0.1, 0.15) is 5.75 Å². The van der Waals surface area contributed by atoms with Gasteiger partial charge in [0.05, 0.1) is 12.5 Å². The molecular weight excluding hydrogens is 320 g/mol. The second kappa shape index (κ2) is 5.40. The maximum atomic E-state index is 12.0. The molecule has 0 heterocycles. The normalized spacial score (nSPS) is 17.2. The summed E-state index contributed by atoms with van der Waals surface area (Å²) in [6, 6.07) is 0. The highest BCUT2D eigenvalue weighted by atomic mass is 79.9. The minimum atomic E-state index is -0.795. The zero-order valence-corrected chi connectivity index (χ0v) is 14.1. The van der Waals surface area contributed by atoms with Gasteiger partial charge in [0.15, 0.2) is 0 Å².